The Kier molecular flexibility index (Phi) is 8.50. The fourth-order valence-corrected chi connectivity index (χ4v) is 5.73. The number of aliphatic hydroxyl groups excluding tert-OH is 2. The van der Waals surface area contributed by atoms with Gasteiger partial charge in [-0.1, -0.05) is 6.08 Å². The van der Waals surface area contributed by atoms with Gasteiger partial charge in [-0.2, -0.15) is 13.1 Å². The van der Waals surface area contributed by atoms with E-state index < -0.39 is 51.6 Å². The van der Waals surface area contributed by atoms with Gasteiger partial charge in [0.25, 0.3) is 10.2 Å². The van der Waals surface area contributed by atoms with E-state index in [1.165, 1.54) is 18.2 Å². The molecule has 5 N–H and O–H groups in total. The molecule has 7 nitrogen and oxygen atoms in total. The van der Waals surface area contributed by atoms with E-state index in [9.17, 15) is 26.7 Å². The normalized spacial score (nSPS) is 15.9. The highest BCUT2D eigenvalue weighted by Crippen LogP contribution is 2.39. The van der Waals surface area contributed by atoms with Crippen LogP contribution in [0.5, 0.6) is 0 Å². The predicted molar refractivity (Wildman–Crippen MR) is 133 cm³/mol. The van der Waals surface area contributed by atoms with Crippen LogP contribution in [0.3, 0.4) is 0 Å². The molecule has 2 aromatic rings. The first-order valence-corrected chi connectivity index (χ1v) is 13.0. The molecule has 1 aliphatic carbocycles. The zero-order valence-corrected chi connectivity index (χ0v) is 21.0. The van der Waals surface area contributed by atoms with Crippen LogP contribution < -0.4 is 14.8 Å². The van der Waals surface area contributed by atoms with E-state index in [-0.39, 0.29) is 29.8 Å². The van der Waals surface area contributed by atoms with Gasteiger partial charge in [-0.3, -0.25) is 4.72 Å². The van der Waals surface area contributed by atoms with Crippen LogP contribution in [-0.2, 0) is 16.6 Å². The molecule has 0 spiro atoms. The van der Waals surface area contributed by atoms with Crippen LogP contribution in [0.4, 0.5) is 30.2 Å². The van der Waals surface area contributed by atoms with Gasteiger partial charge >= 0.3 is 0 Å². The second kappa shape index (κ2) is 10.8. The third kappa shape index (κ3) is 6.22. The number of nitrogens with one attached hydrogen (secondary N) is 3. The molecule has 12 heteroatoms. The lowest BCUT2D eigenvalue weighted by Gasteiger charge is -2.43. The summed E-state index contributed by atoms with van der Waals surface area (Å²) in [7, 11) is -4.36. The Hall–Kier alpha value is -1.87. The molecule has 0 amide bonds. The van der Waals surface area contributed by atoms with Gasteiger partial charge in [-0.25, -0.2) is 13.2 Å². The highest BCUT2D eigenvalue weighted by Gasteiger charge is 2.42. The first-order valence-electron chi connectivity index (χ1n) is 10.4. The van der Waals surface area contributed by atoms with Crippen LogP contribution in [0.1, 0.15) is 31.2 Å². The molecule has 0 heterocycles. The second-order valence-electron chi connectivity index (χ2n) is 8.21. The number of rotatable bonds is 11. The minimum absolute atomic E-state index is 0.00667. The first-order chi connectivity index (χ1) is 16.0. The van der Waals surface area contributed by atoms with Crippen molar-refractivity contribution >= 4 is 49.9 Å². The lowest BCUT2D eigenvalue weighted by atomic mass is 9.74. The Bertz CT molecular complexity index is 1180. The van der Waals surface area contributed by atoms with Crippen molar-refractivity contribution in [1.29, 1.82) is 0 Å². The van der Waals surface area contributed by atoms with Gasteiger partial charge in [0.1, 0.15) is 11.5 Å². The maximum atomic E-state index is 14.9. The minimum Gasteiger partial charge on any atom is -0.394 e. The topological polar surface area (TPSA) is 111 Å². The molecule has 3 rings (SSSR count). The van der Waals surface area contributed by atoms with E-state index in [0.717, 1.165) is 6.07 Å². The van der Waals surface area contributed by atoms with Gasteiger partial charge in [0.15, 0.2) is 11.6 Å². The van der Waals surface area contributed by atoms with Gasteiger partial charge in [-0.15, -0.1) is 6.58 Å². The second-order valence-corrected chi connectivity index (χ2v) is 10.9. The number of anilines is 3. The fourth-order valence-electron chi connectivity index (χ4n) is 3.87. The van der Waals surface area contributed by atoms with Crippen molar-refractivity contribution in [2.45, 2.75) is 43.7 Å². The third-order valence-corrected chi connectivity index (χ3v) is 7.44. The van der Waals surface area contributed by atoms with E-state index in [2.05, 4.69) is 21.3 Å². The summed E-state index contributed by atoms with van der Waals surface area (Å²) in [6, 6.07) is 4.90. The smallest absolute Gasteiger partial charge is 0.299 e. The van der Waals surface area contributed by atoms with Crippen LogP contribution in [0.15, 0.2) is 36.9 Å². The van der Waals surface area contributed by atoms with E-state index in [1.807, 2.05) is 22.6 Å². The summed E-state index contributed by atoms with van der Waals surface area (Å²) in [5.74, 6) is -3.38. The summed E-state index contributed by atoms with van der Waals surface area (Å²) in [6.07, 6.45) is 1.82. The Morgan fingerprint density at radius 2 is 1.88 bits per heavy atom. The van der Waals surface area contributed by atoms with E-state index in [4.69, 9.17) is 5.11 Å². The lowest BCUT2D eigenvalue weighted by molar-refractivity contribution is 0.0446. The number of benzene rings is 2. The minimum atomic E-state index is -4.36. The number of hydrogen-bond acceptors (Lipinski definition) is 5. The van der Waals surface area contributed by atoms with E-state index in [0.29, 0.717) is 22.8 Å². The molecule has 2 aromatic carbocycles. The van der Waals surface area contributed by atoms with Crippen LogP contribution in [-0.4, -0.2) is 36.9 Å². The van der Waals surface area contributed by atoms with E-state index in [1.54, 1.807) is 6.07 Å². The van der Waals surface area contributed by atoms with Gasteiger partial charge in [-0.05, 0) is 84.5 Å². The molecule has 0 radical (unpaired) electrons. The van der Waals surface area contributed by atoms with Crippen molar-refractivity contribution < 1.29 is 31.8 Å². The molecular formula is C22H25F3IN3O4S. The number of aliphatic hydroxyl groups is 2. The average molecular weight is 611 g/mol. The summed E-state index contributed by atoms with van der Waals surface area (Å²) in [6.45, 7) is 3.04. The molecule has 1 unspecified atom stereocenters. The Balaban J connectivity index is 2.01. The van der Waals surface area contributed by atoms with E-state index >= 15 is 0 Å². The molecule has 186 valence electrons. The largest absolute Gasteiger partial charge is 0.394 e. The van der Waals surface area contributed by atoms with Crippen molar-refractivity contribution in [3.63, 3.8) is 0 Å². The standard InChI is InChI=1S/C22H25F3IN3O4S/c1-2-4-13-9-17(24)19(25)21(27-18-6-5-14(26)10-16(18)23)20(13)28-34(32,33)29-22(7-3-8-22)11-15(31)12-30/h2,5-6,9-10,15,27-31H,1,3-4,7-8,11-12H2. The monoisotopic (exact) mass is 611 g/mol. The highest BCUT2D eigenvalue weighted by atomic mass is 127. The van der Waals surface area contributed by atoms with Crippen molar-refractivity contribution in [2.75, 3.05) is 16.6 Å². The summed E-state index contributed by atoms with van der Waals surface area (Å²) in [4.78, 5) is 0. The first kappa shape index (κ1) is 26.7. The molecule has 1 aliphatic rings. The molecule has 0 aliphatic heterocycles. The van der Waals surface area contributed by atoms with Crippen LogP contribution in [0.25, 0.3) is 0 Å². The van der Waals surface area contributed by atoms with Crippen LogP contribution >= 0.6 is 22.6 Å². The lowest BCUT2D eigenvalue weighted by Crippen LogP contribution is -2.56. The van der Waals surface area contributed by atoms with Crippen LogP contribution in [0, 0.1) is 21.0 Å². The zero-order valence-electron chi connectivity index (χ0n) is 18.0. The Morgan fingerprint density at radius 3 is 2.44 bits per heavy atom. The van der Waals surface area contributed by atoms with Crippen molar-refractivity contribution in [1.82, 2.24) is 4.72 Å². The van der Waals surface area contributed by atoms with Crippen molar-refractivity contribution in [3.8, 4) is 0 Å². The SMILES string of the molecule is C=CCc1cc(F)c(F)c(Nc2ccc(I)cc2F)c1NS(=O)(=O)NC1(CC(O)CO)CCC1. The Morgan fingerprint density at radius 1 is 1.18 bits per heavy atom. The number of allylic oxidation sites excluding steroid dienone is 1. The van der Waals surface area contributed by atoms with Gasteiger partial charge in [0, 0.05) is 9.11 Å². The molecule has 1 fully saturated rings. The molecule has 0 aromatic heterocycles. The Labute approximate surface area is 209 Å². The summed E-state index contributed by atoms with van der Waals surface area (Å²) in [5, 5.41) is 21.5. The maximum absolute atomic E-state index is 14.9. The molecule has 0 bridgehead atoms. The molecular weight excluding hydrogens is 586 g/mol. The molecule has 0 saturated heterocycles. The maximum Gasteiger partial charge on any atom is 0.299 e. The number of hydrogen-bond donors (Lipinski definition) is 5. The van der Waals surface area contributed by atoms with Gasteiger partial charge in [0.05, 0.1) is 24.1 Å². The highest BCUT2D eigenvalue weighted by molar-refractivity contribution is 14.1. The summed E-state index contributed by atoms with van der Waals surface area (Å²) in [5.41, 5.74) is -1.97. The third-order valence-electron chi connectivity index (χ3n) is 5.59. The predicted octanol–water partition coefficient (Wildman–Crippen LogP) is 4.09. The quantitative estimate of drug-likeness (QED) is 0.194. The summed E-state index contributed by atoms with van der Waals surface area (Å²) < 4.78 is 75.1. The fraction of sp³-hybridized carbons (Fsp3) is 0.364. The van der Waals surface area contributed by atoms with Crippen LogP contribution in [0.2, 0.25) is 0 Å². The van der Waals surface area contributed by atoms with Gasteiger partial charge in [0.2, 0.25) is 0 Å². The zero-order chi connectivity index (χ0) is 25.1. The van der Waals surface area contributed by atoms with Crippen molar-refractivity contribution in [2.24, 2.45) is 0 Å². The van der Waals surface area contributed by atoms with Gasteiger partial charge < -0.3 is 15.5 Å². The molecule has 1 saturated carbocycles. The van der Waals surface area contributed by atoms with Crippen molar-refractivity contribution in [3.05, 3.63) is 63.5 Å². The molecule has 34 heavy (non-hydrogen) atoms. The summed E-state index contributed by atoms with van der Waals surface area (Å²) >= 11 is 1.89. The average Bonchev–Trinajstić information content (AvgIpc) is 2.74. The molecule has 1 atom stereocenters. The number of halogens is 4.